The lowest BCUT2D eigenvalue weighted by Gasteiger charge is -2.15. The van der Waals surface area contributed by atoms with E-state index in [1.165, 1.54) is 0 Å². The van der Waals surface area contributed by atoms with Crippen molar-refractivity contribution in [2.75, 3.05) is 33.0 Å². The summed E-state index contributed by atoms with van der Waals surface area (Å²) in [5, 5.41) is 17.3. The molecule has 5 nitrogen and oxygen atoms in total. The topological polar surface area (TPSA) is 68.2 Å². The normalized spacial score (nSPS) is 15.2. The van der Waals surface area contributed by atoms with Crippen molar-refractivity contribution in [3.63, 3.8) is 0 Å². The van der Waals surface area contributed by atoms with E-state index in [-0.39, 0.29) is 24.9 Å². The Bertz CT molecular complexity index is 176. The Hall–Kier alpha value is -0.200. The summed E-state index contributed by atoms with van der Waals surface area (Å²) >= 11 is 0. The van der Waals surface area contributed by atoms with Crippen molar-refractivity contribution in [3.8, 4) is 0 Å². The van der Waals surface area contributed by atoms with Gasteiger partial charge in [-0.05, 0) is 33.6 Å². The lowest BCUT2D eigenvalue weighted by molar-refractivity contribution is -0.0451. The van der Waals surface area contributed by atoms with Crippen molar-refractivity contribution in [1.29, 1.82) is 0 Å². The molecule has 0 fully saturated rings. The fourth-order valence-electron chi connectivity index (χ4n) is 1.12. The fourth-order valence-corrected chi connectivity index (χ4v) is 1.12. The molecule has 0 amide bonds. The first-order chi connectivity index (χ1) is 9.47. The first-order valence-electron chi connectivity index (χ1n) is 7.57. The molecule has 0 aromatic carbocycles. The third-order valence-electron chi connectivity index (χ3n) is 2.19. The fraction of sp³-hybridized carbons (Fsp3) is 1.00. The zero-order chi connectivity index (χ0) is 15.8. The second-order valence-corrected chi connectivity index (χ2v) is 4.93. The molecule has 0 aromatic heterocycles. The first kappa shape index (κ1) is 22.1. The van der Waals surface area contributed by atoms with E-state index in [9.17, 15) is 0 Å². The molecule has 0 radical (unpaired) electrons. The molecular formula is C15H34O5. The summed E-state index contributed by atoms with van der Waals surface area (Å²) < 4.78 is 15.6. The lowest BCUT2D eigenvalue weighted by atomic mass is 10.4. The van der Waals surface area contributed by atoms with Gasteiger partial charge in [-0.1, -0.05) is 13.8 Å². The molecule has 0 bridgehead atoms. The van der Waals surface area contributed by atoms with E-state index in [0.29, 0.717) is 13.2 Å². The Balaban J connectivity index is 0. The van der Waals surface area contributed by atoms with Gasteiger partial charge >= 0.3 is 0 Å². The minimum atomic E-state index is -0.318. The molecule has 0 heterocycles. The standard InChI is InChI=1S/C9H20O3.C6H14O2/c1-4-5-11-9(3)7-12-8(2)6-10;1-3-4-8-5-6(2)7/h8-10H,4-7H2,1-3H3;6-7H,3-5H2,1-2H3. The number of rotatable bonds is 11. The van der Waals surface area contributed by atoms with Crippen molar-refractivity contribution >= 4 is 0 Å². The molecule has 0 spiro atoms. The summed E-state index contributed by atoms with van der Waals surface area (Å²) in [6.45, 7) is 12.3. The monoisotopic (exact) mass is 294 g/mol. The molecule has 0 aromatic rings. The van der Waals surface area contributed by atoms with Crippen LogP contribution >= 0.6 is 0 Å². The Morgan fingerprint density at radius 1 is 0.850 bits per heavy atom. The van der Waals surface area contributed by atoms with Crippen LogP contribution in [0.25, 0.3) is 0 Å². The van der Waals surface area contributed by atoms with E-state index in [0.717, 1.165) is 26.1 Å². The Morgan fingerprint density at radius 2 is 1.45 bits per heavy atom. The van der Waals surface area contributed by atoms with Crippen molar-refractivity contribution in [2.24, 2.45) is 0 Å². The van der Waals surface area contributed by atoms with Crippen molar-refractivity contribution < 1.29 is 24.4 Å². The summed E-state index contributed by atoms with van der Waals surface area (Å²) in [6, 6.07) is 0. The van der Waals surface area contributed by atoms with Gasteiger partial charge in [0.1, 0.15) is 0 Å². The molecule has 0 saturated carbocycles. The number of hydrogen-bond acceptors (Lipinski definition) is 5. The van der Waals surface area contributed by atoms with Crippen LogP contribution in [0.15, 0.2) is 0 Å². The second kappa shape index (κ2) is 16.9. The van der Waals surface area contributed by atoms with E-state index >= 15 is 0 Å². The van der Waals surface area contributed by atoms with Gasteiger partial charge in [0.2, 0.25) is 0 Å². The summed E-state index contributed by atoms with van der Waals surface area (Å²) in [5.74, 6) is 0. The highest BCUT2D eigenvalue weighted by Crippen LogP contribution is 1.96. The SMILES string of the molecule is CCCOC(C)COC(C)CO.CCCOCC(C)O. The molecule has 0 aliphatic heterocycles. The smallest absolute Gasteiger partial charge is 0.0780 e. The summed E-state index contributed by atoms with van der Waals surface area (Å²) in [5.41, 5.74) is 0. The molecule has 20 heavy (non-hydrogen) atoms. The number of hydrogen-bond donors (Lipinski definition) is 2. The lowest BCUT2D eigenvalue weighted by Crippen LogP contribution is -2.22. The largest absolute Gasteiger partial charge is 0.394 e. The molecule has 0 aliphatic rings. The van der Waals surface area contributed by atoms with Crippen molar-refractivity contribution in [3.05, 3.63) is 0 Å². The predicted octanol–water partition coefficient (Wildman–Crippen LogP) is 1.99. The third kappa shape index (κ3) is 20.1. The van der Waals surface area contributed by atoms with Gasteiger partial charge in [-0.3, -0.25) is 0 Å². The third-order valence-corrected chi connectivity index (χ3v) is 2.19. The Labute approximate surface area is 124 Å². The molecular weight excluding hydrogens is 260 g/mol. The van der Waals surface area contributed by atoms with Gasteiger partial charge in [0.25, 0.3) is 0 Å². The maximum absolute atomic E-state index is 8.66. The average Bonchev–Trinajstić information content (AvgIpc) is 2.43. The maximum atomic E-state index is 8.66. The van der Waals surface area contributed by atoms with Gasteiger partial charge in [0.05, 0.1) is 38.1 Å². The van der Waals surface area contributed by atoms with E-state index in [2.05, 4.69) is 6.92 Å². The minimum Gasteiger partial charge on any atom is -0.394 e. The van der Waals surface area contributed by atoms with Gasteiger partial charge in [0.15, 0.2) is 0 Å². The van der Waals surface area contributed by atoms with Crippen LogP contribution in [0.5, 0.6) is 0 Å². The zero-order valence-electron chi connectivity index (χ0n) is 13.8. The predicted molar refractivity (Wildman–Crippen MR) is 81.0 cm³/mol. The number of aliphatic hydroxyl groups is 2. The summed E-state index contributed by atoms with van der Waals surface area (Å²) in [6.07, 6.45) is 1.77. The molecule has 0 aliphatic carbocycles. The maximum Gasteiger partial charge on any atom is 0.0780 e. The zero-order valence-corrected chi connectivity index (χ0v) is 13.8. The Kier molecular flexibility index (Phi) is 18.6. The van der Waals surface area contributed by atoms with Gasteiger partial charge in [-0.15, -0.1) is 0 Å². The van der Waals surface area contributed by atoms with Crippen LogP contribution in [0.3, 0.4) is 0 Å². The van der Waals surface area contributed by atoms with Gasteiger partial charge < -0.3 is 24.4 Å². The molecule has 0 rings (SSSR count). The van der Waals surface area contributed by atoms with Crippen molar-refractivity contribution in [1.82, 2.24) is 0 Å². The average molecular weight is 294 g/mol. The van der Waals surface area contributed by atoms with Crippen LogP contribution in [-0.4, -0.2) is 61.6 Å². The highest BCUT2D eigenvalue weighted by Gasteiger charge is 2.04. The number of ether oxygens (including phenoxy) is 3. The van der Waals surface area contributed by atoms with E-state index in [1.54, 1.807) is 6.92 Å². The number of aliphatic hydroxyl groups excluding tert-OH is 2. The summed E-state index contributed by atoms with van der Waals surface area (Å²) in [7, 11) is 0. The van der Waals surface area contributed by atoms with Crippen LogP contribution in [0, 0.1) is 0 Å². The molecule has 3 atom stereocenters. The van der Waals surface area contributed by atoms with E-state index in [4.69, 9.17) is 24.4 Å². The molecule has 5 heteroatoms. The molecule has 2 N–H and O–H groups in total. The highest BCUT2D eigenvalue weighted by atomic mass is 16.5. The van der Waals surface area contributed by atoms with Crippen LogP contribution in [0.4, 0.5) is 0 Å². The highest BCUT2D eigenvalue weighted by molar-refractivity contribution is 4.50. The van der Waals surface area contributed by atoms with E-state index in [1.807, 2.05) is 20.8 Å². The molecule has 3 unspecified atom stereocenters. The quantitative estimate of drug-likeness (QED) is 0.570. The minimum absolute atomic E-state index is 0.0699. The van der Waals surface area contributed by atoms with Crippen LogP contribution in [0.1, 0.15) is 47.5 Å². The second-order valence-electron chi connectivity index (χ2n) is 4.93. The summed E-state index contributed by atoms with van der Waals surface area (Å²) in [4.78, 5) is 0. The Morgan fingerprint density at radius 3 is 1.90 bits per heavy atom. The van der Waals surface area contributed by atoms with Crippen LogP contribution in [0.2, 0.25) is 0 Å². The molecule has 0 saturated heterocycles. The molecule has 124 valence electrons. The van der Waals surface area contributed by atoms with Crippen LogP contribution < -0.4 is 0 Å². The van der Waals surface area contributed by atoms with Gasteiger partial charge in [-0.25, -0.2) is 0 Å². The van der Waals surface area contributed by atoms with E-state index < -0.39 is 0 Å². The van der Waals surface area contributed by atoms with Gasteiger partial charge in [-0.2, -0.15) is 0 Å². The van der Waals surface area contributed by atoms with Gasteiger partial charge in [0, 0.05) is 13.2 Å². The first-order valence-corrected chi connectivity index (χ1v) is 7.57. The van der Waals surface area contributed by atoms with Crippen molar-refractivity contribution in [2.45, 2.75) is 65.8 Å². The van der Waals surface area contributed by atoms with Crippen LogP contribution in [-0.2, 0) is 14.2 Å².